The van der Waals surface area contributed by atoms with Crippen LogP contribution in [0.2, 0.25) is 0 Å². The molecule has 0 fully saturated rings. The Morgan fingerprint density at radius 2 is 1.94 bits per heavy atom. The molecule has 1 atom stereocenters. The Morgan fingerprint density at radius 1 is 1.24 bits per heavy atom. The van der Waals surface area contributed by atoms with Gasteiger partial charge in [0.15, 0.2) is 0 Å². The van der Waals surface area contributed by atoms with E-state index in [1.54, 1.807) is 0 Å². The first-order valence-corrected chi connectivity index (χ1v) is 6.56. The zero-order valence-electron chi connectivity index (χ0n) is 11.7. The molecule has 0 aliphatic carbocycles. The largest absolute Gasteiger partial charge is 0.312 e. The Morgan fingerprint density at radius 3 is 2.53 bits per heavy atom. The van der Waals surface area contributed by atoms with Gasteiger partial charge in [-0.05, 0) is 51.5 Å². The number of likely N-dealkylation sites (N-methyl/N-ethyl adjacent to an activating group) is 1. The molecule has 0 radical (unpaired) electrons. The fourth-order valence-electron chi connectivity index (χ4n) is 2.10. The van der Waals surface area contributed by atoms with E-state index < -0.39 is 0 Å². The summed E-state index contributed by atoms with van der Waals surface area (Å²) in [4.78, 5) is 2.26. The van der Waals surface area contributed by atoms with E-state index in [0.29, 0.717) is 6.04 Å². The molecule has 0 spiro atoms. The Bertz CT molecular complexity index is 320. The standard InChI is InChI=1S/C15H26N2/c1-5-10-16-15(12-17(3)4)11-14-9-7-6-8-13(14)2/h6-9,15-16H,5,10-12H2,1-4H3. The van der Waals surface area contributed by atoms with Crippen LogP contribution in [-0.2, 0) is 6.42 Å². The summed E-state index contributed by atoms with van der Waals surface area (Å²) in [6, 6.07) is 9.23. The lowest BCUT2D eigenvalue weighted by Gasteiger charge is -2.23. The molecule has 1 aromatic rings. The molecule has 0 saturated carbocycles. The molecule has 1 unspecified atom stereocenters. The van der Waals surface area contributed by atoms with Gasteiger partial charge in [-0.25, -0.2) is 0 Å². The minimum Gasteiger partial charge on any atom is -0.312 e. The number of rotatable bonds is 7. The third-order valence-corrected chi connectivity index (χ3v) is 3.00. The van der Waals surface area contributed by atoms with Gasteiger partial charge in [0.05, 0.1) is 0 Å². The van der Waals surface area contributed by atoms with Crippen LogP contribution in [0.25, 0.3) is 0 Å². The second kappa shape index (κ2) is 7.46. The number of aryl methyl sites for hydroxylation is 1. The quantitative estimate of drug-likeness (QED) is 0.779. The molecule has 1 rings (SSSR count). The molecule has 0 aliphatic rings. The molecule has 2 nitrogen and oxygen atoms in total. The Labute approximate surface area is 106 Å². The molecular weight excluding hydrogens is 208 g/mol. The van der Waals surface area contributed by atoms with Gasteiger partial charge < -0.3 is 10.2 Å². The smallest absolute Gasteiger partial charge is 0.0235 e. The van der Waals surface area contributed by atoms with Gasteiger partial charge in [0.1, 0.15) is 0 Å². The van der Waals surface area contributed by atoms with Crippen LogP contribution in [0.4, 0.5) is 0 Å². The van der Waals surface area contributed by atoms with Crippen molar-refractivity contribution in [2.24, 2.45) is 0 Å². The average molecular weight is 234 g/mol. The third-order valence-electron chi connectivity index (χ3n) is 3.00. The van der Waals surface area contributed by atoms with Crippen LogP contribution in [-0.4, -0.2) is 38.1 Å². The molecule has 0 amide bonds. The number of nitrogens with one attached hydrogen (secondary N) is 1. The molecule has 0 aromatic heterocycles. The van der Waals surface area contributed by atoms with Crippen LogP contribution < -0.4 is 5.32 Å². The lowest BCUT2D eigenvalue weighted by atomic mass is 10.0. The van der Waals surface area contributed by atoms with Crippen molar-refractivity contribution in [3.63, 3.8) is 0 Å². The van der Waals surface area contributed by atoms with Gasteiger partial charge in [-0.1, -0.05) is 31.2 Å². The fourth-order valence-corrected chi connectivity index (χ4v) is 2.10. The maximum atomic E-state index is 3.63. The van der Waals surface area contributed by atoms with Crippen LogP contribution in [0.3, 0.4) is 0 Å². The summed E-state index contributed by atoms with van der Waals surface area (Å²) in [7, 11) is 4.27. The van der Waals surface area contributed by atoms with E-state index in [2.05, 4.69) is 62.4 Å². The van der Waals surface area contributed by atoms with Crippen LogP contribution in [0.15, 0.2) is 24.3 Å². The molecule has 17 heavy (non-hydrogen) atoms. The first-order chi connectivity index (χ1) is 8.13. The van der Waals surface area contributed by atoms with E-state index >= 15 is 0 Å². The lowest BCUT2D eigenvalue weighted by molar-refractivity contribution is 0.336. The summed E-state index contributed by atoms with van der Waals surface area (Å²) in [5.74, 6) is 0. The number of benzene rings is 1. The predicted octanol–water partition coefficient (Wildman–Crippen LogP) is 2.47. The highest BCUT2D eigenvalue weighted by molar-refractivity contribution is 5.26. The highest BCUT2D eigenvalue weighted by Crippen LogP contribution is 2.10. The van der Waals surface area contributed by atoms with E-state index in [9.17, 15) is 0 Å². The van der Waals surface area contributed by atoms with E-state index in [1.165, 1.54) is 17.5 Å². The summed E-state index contributed by atoms with van der Waals surface area (Å²) < 4.78 is 0. The minimum atomic E-state index is 0.547. The summed E-state index contributed by atoms with van der Waals surface area (Å²) in [6.07, 6.45) is 2.31. The van der Waals surface area contributed by atoms with Crippen molar-refractivity contribution in [1.29, 1.82) is 0 Å². The number of nitrogens with zero attached hydrogens (tertiary/aromatic N) is 1. The summed E-state index contributed by atoms with van der Waals surface area (Å²) in [5, 5.41) is 3.63. The molecular formula is C15H26N2. The second-order valence-corrected chi connectivity index (χ2v) is 5.04. The molecule has 1 aromatic carbocycles. The van der Waals surface area contributed by atoms with Crippen molar-refractivity contribution in [1.82, 2.24) is 10.2 Å². The summed E-state index contributed by atoms with van der Waals surface area (Å²) in [5.41, 5.74) is 2.86. The SMILES string of the molecule is CCCNC(Cc1ccccc1C)CN(C)C. The molecule has 2 heteroatoms. The molecule has 0 saturated heterocycles. The van der Waals surface area contributed by atoms with Gasteiger partial charge in [0, 0.05) is 12.6 Å². The van der Waals surface area contributed by atoms with Gasteiger partial charge in [-0.3, -0.25) is 0 Å². The first-order valence-electron chi connectivity index (χ1n) is 6.56. The minimum absolute atomic E-state index is 0.547. The number of hydrogen-bond donors (Lipinski definition) is 1. The Kier molecular flexibility index (Phi) is 6.23. The molecule has 0 aliphatic heterocycles. The van der Waals surface area contributed by atoms with Crippen molar-refractivity contribution >= 4 is 0 Å². The first kappa shape index (κ1) is 14.2. The molecule has 0 heterocycles. The van der Waals surface area contributed by atoms with E-state index in [1.807, 2.05) is 0 Å². The molecule has 96 valence electrons. The summed E-state index contributed by atoms with van der Waals surface area (Å²) >= 11 is 0. The van der Waals surface area contributed by atoms with Gasteiger partial charge in [0.2, 0.25) is 0 Å². The van der Waals surface area contributed by atoms with Crippen molar-refractivity contribution in [2.75, 3.05) is 27.2 Å². The van der Waals surface area contributed by atoms with E-state index in [0.717, 1.165) is 19.5 Å². The zero-order chi connectivity index (χ0) is 12.7. The van der Waals surface area contributed by atoms with Crippen molar-refractivity contribution < 1.29 is 0 Å². The highest BCUT2D eigenvalue weighted by Gasteiger charge is 2.10. The van der Waals surface area contributed by atoms with Gasteiger partial charge in [-0.2, -0.15) is 0 Å². The monoisotopic (exact) mass is 234 g/mol. The second-order valence-electron chi connectivity index (χ2n) is 5.04. The topological polar surface area (TPSA) is 15.3 Å². The normalized spacial score (nSPS) is 13.0. The van der Waals surface area contributed by atoms with Crippen LogP contribution in [0, 0.1) is 6.92 Å². The van der Waals surface area contributed by atoms with E-state index in [4.69, 9.17) is 0 Å². The fraction of sp³-hybridized carbons (Fsp3) is 0.600. The summed E-state index contributed by atoms with van der Waals surface area (Å²) in [6.45, 7) is 6.61. The van der Waals surface area contributed by atoms with Crippen molar-refractivity contribution in [3.8, 4) is 0 Å². The van der Waals surface area contributed by atoms with Gasteiger partial charge >= 0.3 is 0 Å². The molecule has 0 bridgehead atoms. The van der Waals surface area contributed by atoms with Crippen molar-refractivity contribution in [2.45, 2.75) is 32.7 Å². The van der Waals surface area contributed by atoms with Crippen LogP contribution in [0.5, 0.6) is 0 Å². The van der Waals surface area contributed by atoms with Crippen LogP contribution >= 0.6 is 0 Å². The maximum Gasteiger partial charge on any atom is 0.0235 e. The predicted molar refractivity (Wildman–Crippen MR) is 75.5 cm³/mol. The highest BCUT2D eigenvalue weighted by atomic mass is 15.1. The Balaban J connectivity index is 2.61. The Hall–Kier alpha value is -0.860. The van der Waals surface area contributed by atoms with E-state index in [-0.39, 0.29) is 0 Å². The van der Waals surface area contributed by atoms with Gasteiger partial charge in [0.25, 0.3) is 0 Å². The third kappa shape index (κ3) is 5.33. The van der Waals surface area contributed by atoms with Crippen LogP contribution in [0.1, 0.15) is 24.5 Å². The molecule has 1 N–H and O–H groups in total. The van der Waals surface area contributed by atoms with Crippen molar-refractivity contribution in [3.05, 3.63) is 35.4 Å². The maximum absolute atomic E-state index is 3.63. The lowest BCUT2D eigenvalue weighted by Crippen LogP contribution is -2.40. The zero-order valence-corrected chi connectivity index (χ0v) is 11.7. The number of hydrogen-bond acceptors (Lipinski definition) is 2. The van der Waals surface area contributed by atoms with Gasteiger partial charge in [-0.15, -0.1) is 0 Å². The average Bonchev–Trinajstić information content (AvgIpc) is 2.28.